The van der Waals surface area contributed by atoms with E-state index in [1.54, 1.807) is 19.1 Å². The maximum atomic E-state index is 12.6. The molecule has 262 valence electrons. The number of esters is 1. The summed E-state index contributed by atoms with van der Waals surface area (Å²) in [6, 6.07) is 3.96. The van der Waals surface area contributed by atoms with Crippen molar-refractivity contribution in [3.63, 3.8) is 0 Å². The second-order valence-electron chi connectivity index (χ2n) is 13.6. The topological polar surface area (TPSA) is 201 Å². The molecule has 1 aromatic heterocycles. The summed E-state index contributed by atoms with van der Waals surface area (Å²) in [6.45, 7) is 1.58. The van der Waals surface area contributed by atoms with Gasteiger partial charge in [-0.25, -0.2) is 0 Å². The Bertz CT molecular complexity index is 1380. The molecule has 0 amide bonds. The van der Waals surface area contributed by atoms with E-state index in [1.807, 2.05) is 0 Å². The average molecular weight is 664 g/mol. The molecular weight excluding hydrogens is 614 g/mol. The Kier molecular flexibility index (Phi) is 10.4. The Morgan fingerprint density at radius 1 is 1.09 bits per heavy atom. The van der Waals surface area contributed by atoms with E-state index >= 15 is 0 Å². The fourth-order valence-corrected chi connectivity index (χ4v) is 8.65. The number of aliphatic hydroxyl groups excluding tert-OH is 4. The van der Waals surface area contributed by atoms with Gasteiger partial charge in [-0.2, -0.15) is 0 Å². The predicted molar refractivity (Wildman–Crippen MR) is 167 cm³/mol. The maximum absolute atomic E-state index is 12.6. The third kappa shape index (κ3) is 6.25. The van der Waals surface area contributed by atoms with Crippen molar-refractivity contribution in [2.45, 2.75) is 107 Å². The lowest BCUT2D eigenvalue weighted by Gasteiger charge is -2.64. The van der Waals surface area contributed by atoms with E-state index < -0.39 is 72.7 Å². The van der Waals surface area contributed by atoms with Crippen molar-refractivity contribution < 1.29 is 58.8 Å². The molecule has 0 unspecified atom stereocenters. The molecule has 2 aromatic rings. The van der Waals surface area contributed by atoms with Crippen molar-refractivity contribution in [3.05, 3.63) is 24.0 Å². The Morgan fingerprint density at radius 3 is 2.60 bits per heavy atom. The van der Waals surface area contributed by atoms with Gasteiger partial charge in [0.05, 0.1) is 25.6 Å². The number of rotatable bonds is 13. The lowest BCUT2D eigenvalue weighted by molar-refractivity contribution is -0.397. The minimum atomic E-state index is -2.32. The maximum Gasteiger partial charge on any atom is 0.306 e. The Labute approximate surface area is 273 Å². The van der Waals surface area contributed by atoms with Crippen LogP contribution in [0.5, 0.6) is 11.5 Å². The molecule has 47 heavy (non-hydrogen) atoms. The van der Waals surface area contributed by atoms with Gasteiger partial charge < -0.3 is 59.3 Å². The Morgan fingerprint density at radius 2 is 1.87 bits per heavy atom. The van der Waals surface area contributed by atoms with Crippen molar-refractivity contribution in [3.8, 4) is 11.5 Å². The number of nitrogens with one attached hydrogen (secondary N) is 1. The summed E-state index contributed by atoms with van der Waals surface area (Å²) in [6.07, 6.45) is 1.16. The monoisotopic (exact) mass is 663 g/mol. The lowest BCUT2D eigenvalue weighted by Crippen LogP contribution is -2.81. The molecule has 13 heteroatoms. The summed E-state index contributed by atoms with van der Waals surface area (Å²) in [5.41, 5.74) is -3.46. The third-order valence-corrected chi connectivity index (χ3v) is 10.9. The summed E-state index contributed by atoms with van der Waals surface area (Å²) in [4.78, 5) is 12.4. The third-order valence-electron chi connectivity index (χ3n) is 10.9. The van der Waals surface area contributed by atoms with Gasteiger partial charge in [0.1, 0.15) is 24.4 Å². The normalized spacial score (nSPS) is 35.5. The minimum Gasteiger partial charge on any atom is -0.485 e. The highest BCUT2D eigenvalue weighted by molar-refractivity contribution is 5.87. The van der Waals surface area contributed by atoms with Crippen molar-refractivity contribution in [1.82, 2.24) is 5.32 Å². The number of benzene rings is 1. The predicted octanol–water partition coefficient (Wildman–Crippen LogP) is 1.16. The van der Waals surface area contributed by atoms with Gasteiger partial charge in [-0.15, -0.1) is 0 Å². The summed E-state index contributed by atoms with van der Waals surface area (Å²) in [5.74, 6) is -2.30. The number of carbonyl (C=O) groups is 1. The van der Waals surface area contributed by atoms with Gasteiger partial charge in [-0.3, -0.25) is 4.79 Å². The van der Waals surface area contributed by atoms with Gasteiger partial charge >= 0.3 is 5.97 Å². The van der Waals surface area contributed by atoms with Crippen LogP contribution in [-0.4, -0.2) is 111 Å². The van der Waals surface area contributed by atoms with Crippen LogP contribution in [0.4, 0.5) is 0 Å². The molecule has 2 heterocycles. The first-order chi connectivity index (χ1) is 22.6. The van der Waals surface area contributed by atoms with Gasteiger partial charge in [0.25, 0.3) is 0 Å². The highest BCUT2D eigenvalue weighted by atomic mass is 16.7. The molecule has 0 radical (unpaired) electrons. The molecule has 3 saturated carbocycles. The molecule has 1 saturated heterocycles. The van der Waals surface area contributed by atoms with Gasteiger partial charge in [-0.05, 0) is 69.1 Å². The summed E-state index contributed by atoms with van der Waals surface area (Å²) in [5, 5.41) is 71.8. The van der Waals surface area contributed by atoms with Crippen LogP contribution in [-0.2, 0) is 20.7 Å². The van der Waals surface area contributed by atoms with E-state index in [1.165, 1.54) is 19.1 Å². The first kappa shape index (κ1) is 34.4. The highest BCUT2D eigenvalue weighted by Gasteiger charge is 2.73. The van der Waals surface area contributed by atoms with Gasteiger partial charge in [-0.1, -0.05) is 12.8 Å². The van der Waals surface area contributed by atoms with E-state index in [4.69, 9.17) is 23.4 Å². The van der Waals surface area contributed by atoms with E-state index in [0.717, 1.165) is 12.8 Å². The molecule has 3 aliphatic carbocycles. The zero-order valence-electron chi connectivity index (χ0n) is 26.9. The number of hydrogen-bond acceptors (Lipinski definition) is 13. The van der Waals surface area contributed by atoms with Crippen LogP contribution in [0.3, 0.4) is 0 Å². The van der Waals surface area contributed by atoms with Crippen LogP contribution < -0.4 is 14.8 Å². The van der Waals surface area contributed by atoms with Gasteiger partial charge in [0.2, 0.25) is 12.0 Å². The largest absolute Gasteiger partial charge is 0.485 e. The molecule has 1 aromatic carbocycles. The van der Waals surface area contributed by atoms with E-state index in [0.29, 0.717) is 42.0 Å². The van der Waals surface area contributed by atoms with Gasteiger partial charge in [0.15, 0.2) is 16.9 Å². The molecule has 4 aliphatic rings. The number of carbonyl (C=O) groups excluding carboxylic acids is 1. The quantitative estimate of drug-likeness (QED) is 0.119. The van der Waals surface area contributed by atoms with Crippen LogP contribution in [0, 0.1) is 17.8 Å². The second kappa shape index (κ2) is 14.2. The number of aliphatic hydroxyl groups is 6. The Balaban J connectivity index is 1.40. The van der Waals surface area contributed by atoms with E-state index in [9.17, 15) is 35.4 Å². The number of hydrogen-bond donors (Lipinski definition) is 7. The fourth-order valence-electron chi connectivity index (χ4n) is 8.65. The van der Waals surface area contributed by atoms with Crippen molar-refractivity contribution >= 4 is 16.9 Å². The highest BCUT2D eigenvalue weighted by Crippen LogP contribution is 2.58. The molecule has 7 N–H and O–H groups in total. The van der Waals surface area contributed by atoms with Crippen LogP contribution in [0.2, 0.25) is 0 Å². The smallest absolute Gasteiger partial charge is 0.306 e. The molecule has 0 spiro atoms. The molecule has 6 rings (SSSR count). The summed E-state index contributed by atoms with van der Waals surface area (Å²) in [7, 11) is 0. The Hall–Kier alpha value is -2.49. The minimum absolute atomic E-state index is 0.00614. The van der Waals surface area contributed by atoms with E-state index in [-0.39, 0.29) is 44.0 Å². The molecule has 2 bridgehead atoms. The molecule has 9 atom stereocenters. The molecular formula is C34H49NO12. The molecule has 1 aliphatic heterocycles. The first-order valence-electron chi connectivity index (χ1n) is 17.0. The first-order valence-corrected chi connectivity index (χ1v) is 17.0. The lowest BCUT2D eigenvalue weighted by atomic mass is 9.51. The molecule has 13 nitrogen and oxygen atoms in total. The fraction of sp³-hybridized carbons (Fsp3) is 0.735. The van der Waals surface area contributed by atoms with Crippen molar-refractivity contribution in [2.75, 3.05) is 33.0 Å². The zero-order chi connectivity index (χ0) is 33.3. The SMILES string of the molecule is CCOC(=O)CCc1cc2ccoc2c(OCCNC2CCCC2)c1O[C@@H]1O[C@H](CO)[C@]2(O)C[C@@H]3CC[C@@H](O)[C@H](CO)[C@H]3[C@@]1(O)[C@H]2O. The average Bonchev–Trinajstić information content (AvgIpc) is 3.75. The van der Waals surface area contributed by atoms with E-state index in [2.05, 4.69) is 5.32 Å². The number of fused-ring (bicyclic) bond motifs is 5. The van der Waals surface area contributed by atoms with Crippen molar-refractivity contribution in [2.24, 2.45) is 17.8 Å². The summed E-state index contributed by atoms with van der Waals surface area (Å²) < 4.78 is 30.0. The standard InChI is InChI=1S/C34H49NO12/c1-2-43-26(39)10-8-19-15-20-11-13-44-28(20)30(45-14-12-35-22-5-3-4-6-22)29(19)47-32-34(42)27-21(7-9-24(38)23(27)17-36)16-33(41,31(34)40)25(18-37)46-32/h11,13,15,21-25,27,31-32,35-38,40-42H,2-10,12,14,16-18H2,1H3/t21-,23-,24+,25+,27-,31-,32-,33+,34+/m0/s1. The summed E-state index contributed by atoms with van der Waals surface area (Å²) >= 11 is 0. The number of furan rings is 1. The van der Waals surface area contributed by atoms with Crippen LogP contribution >= 0.6 is 0 Å². The van der Waals surface area contributed by atoms with Crippen LogP contribution in [0.15, 0.2) is 22.8 Å². The second-order valence-corrected chi connectivity index (χ2v) is 13.6. The van der Waals surface area contributed by atoms with Crippen LogP contribution in [0.25, 0.3) is 11.0 Å². The molecule has 4 fully saturated rings. The zero-order valence-corrected chi connectivity index (χ0v) is 26.9. The number of ether oxygens (including phenoxy) is 4. The van der Waals surface area contributed by atoms with Crippen LogP contribution in [0.1, 0.15) is 63.9 Å². The van der Waals surface area contributed by atoms with Crippen molar-refractivity contribution in [1.29, 1.82) is 0 Å². The van der Waals surface area contributed by atoms with Gasteiger partial charge in [0, 0.05) is 42.8 Å². The number of aryl methyl sites for hydroxylation is 1.